The first-order valence-electron chi connectivity index (χ1n) is 5.14. The Bertz CT molecular complexity index is 312. The van der Waals surface area contributed by atoms with Gasteiger partial charge in [0.05, 0.1) is 29.1 Å². The highest BCUT2D eigenvalue weighted by atomic mass is 79.9. The number of likely N-dealkylation sites (N-methyl/N-ethyl adjacent to an activating group) is 1. The summed E-state index contributed by atoms with van der Waals surface area (Å²) in [6.07, 6.45) is 0. The molecule has 1 heterocycles. The molecule has 0 fully saturated rings. The van der Waals surface area contributed by atoms with Crippen molar-refractivity contribution in [2.75, 3.05) is 20.2 Å². The lowest BCUT2D eigenvalue weighted by Crippen LogP contribution is -2.15. The van der Waals surface area contributed by atoms with E-state index in [1.165, 1.54) is 0 Å². The summed E-state index contributed by atoms with van der Waals surface area (Å²) in [6.45, 7) is 7.14. The van der Waals surface area contributed by atoms with Crippen molar-refractivity contribution in [2.24, 2.45) is 0 Å². The first-order valence-corrected chi connectivity index (χ1v) is 5.94. The predicted octanol–water partition coefficient (Wildman–Crippen LogP) is 1.71. The van der Waals surface area contributed by atoms with Crippen LogP contribution in [0.25, 0.3) is 0 Å². The highest BCUT2D eigenvalue weighted by molar-refractivity contribution is 9.10. The van der Waals surface area contributed by atoms with Crippen LogP contribution >= 0.6 is 15.9 Å². The van der Waals surface area contributed by atoms with E-state index in [1.54, 1.807) is 0 Å². The normalized spacial score (nSPS) is 10.9. The number of hydrogen-bond donors (Lipinski definition) is 1. The summed E-state index contributed by atoms with van der Waals surface area (Å²) in [5.74, 6) is 0. The van der Waals surface area contributed by atoms with Gasteiger partial charge in [-0.15, -0.1) is 0 Å². The second kappa shape index (κ2) is 6.25. The van der Waals surface area contributed by atoms with E-state index in [1.807, 2.05) is 18.7 Å². The molecule has 0 atom stereocenters. The Kier molecular flexibility index (Phi) is 5.28. The topological polar surface area (TPSA) is 39.1 Å². The first-order chi connectivity index (χ1) is 7.20. The molecule has 0 spiro atoms. The Morgan fingerprint density at radius 2 is 2.27 bits per heavy atom. The van der Waals surface area contributed by atoms with E-state index in [9.17, 15) is 0 Å². The van der Waals surface area contributed by atoms with E-state index in [4.69, 9.17) is 4.74 Å². The number of hydrogen-bond acceptors (Lipinski definition) is 3. The van der Waals surface area contributed by atoms with Crippen molar-refractivity contribution < 1.29 is 4.74 Å². The third kappa shape index (κ3) is 3.29. The number of aryl methyl sites for hydroxylation is 2. The van der Waals surface area contributed by atoms with Crippen LogP contribution in [0.4, 0.5) is 0 Å². The van der Waals surface area contributed by atoms with Crippen molar-refractivity contribution in [3.63, 3.8) is 0 Å². The van der Waals surface area contributed by atoms with Crippen LogP contribution in [-0.2, 0) is 17.9 Å². The summed E-state index contributed by atoms with van der Waals surface area (Å²) < 4.78 is 8.58. The molecular formula is C10H18BrN3O. The van der Waals surface area contributed by atoms with Gasteiger partial charge in [-0.3, -0.25) is 4.68 Å². The molecule has 15 heavy (non-hydrogen) atoms. The average Bonchev–Trinajstić information content (AvgIpc) is 2.51. The minimum Gasteiger partial charge on any atom is -0.374 e. The van der Waals surface area contributed by atoms with Gasteiger partial charge in [0.1, 0.15) is 0 Å². The molecule has 1 rings (SSSR count). The van der Waals surface area contributed by atoms with E-state index in [2.05, 4.69) is 33.3 Å². The monoisotopic (exact) mass is 275 g/mol. The van der Waals surface area contributed by atoms with Gasteiger partial charge < -0.3 is 10.1 Å². The second-order valence-electron chi connectivity index (χ2n) is 3.32. The van der Waals surface area contributed by atoms with Gasteiger partial charge in [-0.2, -0.15) is 5.10 Å². The summed E-state index contributed by atoms with van der Waals surface area (Å²) in [7, 11) is 1.92. The third-order valence-corrected chi connectivity index (χ3v) is 3.22. The van der Waals surface area contributed by atoms with Crippen LogP contribution in [0, 0.1) is 6.92 Å². The molecule has 0 aliphatic rings. The Labute approximate surface area is 99.1 Å². The van der Waals surface area contributed by atoms with E-state index >= 15 is 0 Å². The molecule has 0 saturated heterocycles. The largest absolute Gasteiger partial charge is 0.374 e. The maximum atomic E-state index is 5.54. The molecule has 1 aromatic heterocycles. The fraction of sp³-hybridized carbons (Fsp3) is 0.700. The minimum atomic E-state index is 0.608. The van der Waals surface area contributed by atoms with Crippen molar-refractivity contribution in [1.29, 1.82) is 0 Å². The van der Waals surface area contributed by atoms with E-state index < -0.39 is 0 Å². The van der Waals surface area contributed by atoms with Gasteiger partial charge in [0.2, 0.25) is 0 Å². The fourth-order valence-corrected chi connectivity index (χ4v) is 1.75. The van der Waals surface area contributed by atoms with Gasteiger partial charge in [-0.05, 0) is 36.8 Å². The molecule has 1 N–H and O–H groups in total. The van der Waals surface area contributed by atoms with Crippen molar-refractivity contribution >= 4 is 15.9 Å². The summed E-state index contributed by atoms with van der Waals surface area (Å²) >= 11 is 3.53. The zero-order valence-electron chi connectivity index (χ0n) is 9.51. The first kappa shape index (κ1) is 12.7. The Morgan fingerprint density at radius 1 is 1.53 bits per heavy atom. The number of rotatable bonds is 6. The molecule has 0 aliphatic carbocycles. The number of ether oxygens (including phenoxy) is 1. The molecule has 0 radical (unpaired) electrons. The molecule has 0 saturated carbocycles. The number of aromatic nitrogens is 2. The summed E-state index contributed by atoms with van der Waals surface area (Å²) in [4.78, 5) is 0. The molecule has 86 valence electrons. The molecule has 5 heteroatoms. The molecule has 0 bridgehead atoms. The average molecular weight is 276 g/mol. The number of halogens is 1. The standard InChI is InChI=1S/C10H18BrN3O/c1-4-14-9(7-15-6-5-12-3)10(11)8(2)13-14/h12H,4-7H2,1-3H3. The quantitative estimate of drug-likeness (QED) is 0.804. The predicted molar refractivity (Wildman–Crippen MR) is 63.9 cm³/mol. The van der Waals surface area contributed by atoms with Crippen molar-refractivity contribution in [3.8, 4) is 0 Å². The van der Waals surface area contributed by atoms with Gasteiger partial charge >= 0.3 is 0 Å². The van der Waals surface area contributed by atoms with Crippen molar-refractivity contribution in [2.45, 2.75) is 27.0 Å². The van der Waals surface area contributed by atoms with Crippen LogP contribution in [-0.4, -0.2) is 30.0 Å². The van der Waals surface area contributed by atoms with Crippen LogP contribution in [0.15, 0.2) is 4.47 Å². The highest BCUT2D eigenvalue weighted by Crippen LogP contribution is 2.21. The number of nitrogens with zero attached hydrogens (tertiary/aromatic N) is 2. The van der Waals surface area contributed by atoms with Crippen molar-refractivity contribution in [3.05, 3.63) is 15.9 Å². The van der Waals surface area contributed by atoms with Crippen molar-refractivity contribution in [1.82, 2.24) is 15.1 Å². The minimum absolute atomic E-state index is 0.608. The van der Waals surface area contributed by atoms with Gasteiger partial charge in [-0.1, -0.05) is 0 Å². The molecule has 1 aromatic rings. The lowest BCUT2D eigenvalue weighted by Gasteiger charge is -2.06. The van der Waals surface area contributed by atoms with E-state index in [0.717, 1.165) is 35.6 Å². The molecule has 0 aromatic carbocycles. The zero-order valence-corrected chi connectivity index (χ0v) is 11.1. The van der Waals surface area contributed by atoms with E-state index in [-0.39, 0.29) is 0 Å². The van der Waals surface area contributed by atoms with Gasteiger partial charge in [0.15, 0.2) is 0 Å². The summed E-state index contributed by atoms with van der Waals surface area (Å²) in [5, 5.41) is 7.44. The Morgan fingerprint density at radius 3 is 2.87 bits per heavy atom. The smallest absolute Gasteiger partial charge is 0.0897 e. The maximum absolute atomic E-state index is 5.54. The molecule has 0 unspecified atom stereocenters. The Balaban J connectivity index is 2.58. The summed E-state index contributed by atoms with van der Waals surface area (Å²) in [5.41, 5.74) is 2.13. The molecule has 0 aliphatic heterocycles. The van der Waals surface area contributed by atoms with Gasteiger partial charge in [0, 0.05) is 13.1 Å². The lowest BCUT2D eigenvalue weighted by atomic mass is 10.4. The Hall–Kier alpha value is -0.390. The maximum Gasteiger partial charge on any atom is 0.0897 e. The SMILES string of the molecule is CCn1nc(C)c(Br)c1COCCNC. The highest BCUT2D eigenvalue weighted by Gasteiger charge is 2.11. The van der Waals surface area contributed by atoms with E-state index in [0.29, 0.717) is 6.61 Å². The fourth-order valence-electron chi connectivity index (χ4n) is 1.35. The van der Waals surface area contributed by atoms with Crippen LogP contribution in [0.2, 0.25) is 0 Å². The molecular weight excluding hydrogens is 258 g/mol. The van der Waals surface area contributed by atoms with Crippen LogP contribution < -0.4 is 5.32 Å². The molecule has 4 nitrogen and oxygen atoms in total. The lowest BCUT2D eigenvalue weighted by molar-refractivity contribution is 0.117. The van der Waals surface area contributed by atoms with Gasteiger partial charge in [0.25, 0.3) is 0 Å². The van der Waals surface area contributed by atoms with Gasteiger partial charge in [-0.25, -0.2) is 0 Å². The van der Waals surface area contributed by atoms with Crippen LogP contribution in [0.3, 0.4) is 0 Å². The summed E-state index contributed by atoms with van der Waals surface area (Å²) in [6, 6.07) is 0. The molecule has 0 amide bonds. The van der Waals surface area contributed by atoms with Crippen LogP contribution in [0.1, 0.15) is 18.3 Å². The zero-order chi connectivity index (χ0) is 11.3. The van der Waals surface area contributed by atoms with Crippen LogP contribution in [0.5, 0.6) is 0 Å². The third-order valence-electron chi connectivity index (χ3n) is 2.19. The second-order valence-corrected chi connectivity index (χ2v) is 4.11. The number of nitrogens with one attached hydrogen (secondary N) is 1.